The van der Waals surface area contributed by atoms with E-state index in [4.69, 9.17) is 10.5 Å². The topological polar surface area (TPSA) is 118 Å². The summed E-state index contributed by atoms with van der Waals surface area (Å²) in [5, 5.41) is 0. The number of pyridine rings is 1. The third-order valence-corrected chi connectivity index (χ3v) is 8.05. The zero-order valence-electron chi connectivity index (χ0n) is 19.7. The highest BCUT2D eigenvalue weighted by atomic mass is 32.2. The van der Waals surface area contributed by atoms with Gasteiger partial charge in [0.25, 0.3) is 15.9 Å². The van der Waals surface area contributed by atoms with Crippen molar-refractivity contribution in [3.8, 4) is 5.75 Å². The number of piperidine rings is 2. The third-order valence-electron chi connectivity index (χ3n) is 6.90. The van der Waals surface area contributed by atoms with E-state index in [1.54, 1.807) is 24.4 Å². The Bertz CT molecular complexity index is 1220. The molecule has 2 aromatic rings. The van der Waals surface area contributed by atoms with Gasteiger partial charge in [0.05, 0.1) is 23.5 Å². The molecule has 35 heavy (non-hydrogen) atoms. The first-order valence-electron chi connectivity index (χ1n) is 12.2. The van der Waals surface area contributed by atoms with Gasteiger partial charge in [0.2, 0.25) is 0 Å². The molecule has 0 radical (unpaired) electrons. The van der Waals surface area contributed by atoms with Gasteiger partial charge in [-0.3, -0.25) is 4.79 Å². The molecule has 0 aliphatic carbocycles. The number of aromatic nitrogens is 1. The van der Waals surface area contributed by atoms with E-state index in [1.165, 1.54) is 6.42 Å². The fourth-order valence-electron chi connectivity index (χ4n) is 5.13. The normalized spacial score (nSPS) is 21.7. The lowest BCUT2D eigenvalue weighted by atomic mass is 9.98. The van der Waals surface area contributed by atoms with Crippen LogP contribution in [0.3, 0.4) is 0 Å². The van der Waals surface area contributed by atoms with Gasteiger partial charge in [0.1, 0.15) is 17.4 Å². The number of amides is 1. The number of rotatable bonds is 5. The Morgan fingerprint density at radius 1 is 1.09 bits per heavy atom. The molecule has 9 nitrogen and oxygen atoms in total. The van der Waals surface area contributed by atoms with Crippen LogP contribution in [-0.2, 0) is 15.8 Å². The summed E-state index contributed by atoms with van der Waals surface area (Å²) < 4.78 is 33.6. The van der Waals surface area contributed by atoms with Crippen LogP contribution >= 0.6 is 0 Å². The number of nitrogens with two attached hydrogens (primary N) is 1. The van der Waals surface area contributed by atoms with Crippen LogP contribution in [0, 0.1) is 5.92 Å². The second-order valence-corrected chi connectivity index (χ2v) is 11.2. The average Bonchev–Trinajstić information content (AvgIpc) is 2.87. The first-order chi connectivity index (χ1) is 16.9. The number of carbonyl (C=O) groups excluding carboxylic acids is 1. The summed E-state index contributed by atoms with van der Waals surface area (Å²) in [7, 11) is -3.58. The number of anilines is 1. The molecule has 5 rings (SSSR count). The monoisotopic (exact) mass is 497 g/mol. The highest BCUT2D eigenvalue weighted by Crippen LogP contribution is 2.29. The average molecular weight is 498 g/mol. The van der Waals surface area contributed by atoms with Gasteiger partial charge in [-0.25, -0.2) is 13.4 Å². The molecule has 1 aromatic carbocycles. The largest absolute Gasteiger partial charge is 0.492 e. The second-order valence-electron chi connectivity index (χ2n) is 9.52. The standard InChI is InChI=1S/C25H31N5O4S/c26-24-23-20(17-35(32,33)28-24)7-4-8-21(23)34-16-18-6-5-13-30(15-18)22-10-9-19(14-27-22)25(31)29-11-2-1-3-12-29/h4,7-10,14,18H,1-3,5-6,11-13,15-17H2,(H2,26,28)/t18-/m0/s1. The maximum Gasteiger partial charge on any atom is 0.259 e. The quantitative estimate of drug-likeness (QED) is 0.674. The Labute approximate surface area is 206 Å². The summed E-state index contributed by atoms with van der Waals surface area (Å²) in [6.07, 6.45) is 7.06. The fourth-order valence-corrected chi connectivity index (χ4v) is 6.22. The lowest BCUT2D eigenvalue weighted by Gasteiger charge is -2.34. The number of hydrogen-bond acceptors (Lipinski definition) is 7. The maximum absolute atomic E-state index is 12.7. The molecular formula is C25H31N5O4S. The Morgan fingerprint density at radius 2 is 1.91 bits per heavy atom. The molecule has 10 heteroatoms. The van der Waals surface area contributed by atoms with Crippen molar-refractivity contribution in [2.24, 2.45) is 16.0 Å². The minimum absolute atomic E-state index is 0.0180. The molecule has 4 heterocycles. The summed E-state index contributed by atoms with van der Waals surface area (Å²) in [4.78, 5) is 21.5. The molecule has 3 aliphatic heterocycles. The predicted octanol–water partition coefficient (Wildman–Crippen LogP) is 2.55. The summed E-state index contributed by atoms with van der Waals surface area (Å²) >= 11 is 0. The molecule has 1 atom stereocenters. The molecule has 2 saturated heterocycles. The van der Waals surface area contributed by atoms with Crippen LogP contribution in [0.4, 0.5) is 5.82 Å². The van der Waals surface area contributed by atoms with Gasteiger partial charge >= 0.3 is 0 Å². The van der Waals surface area contributed by atoms with E-state index in [0.29, 0.717) is 29.0 Å². The lowest BCUT2D eigenvalue weighted by Crippen LogP contribution is -2.38. The van der Waals surface area contributed by atoms with E-state index in [-0.39, 0.29) is 23.4 Å². The molecular weight excluding hydrogens is 466 g/mol. The molecule has 186 valence electrons. The highest BCUT2D eigenvalue weighted by molar-refractivity contribution is 7.89. The zero-order chi connectivity index (χ0) is 24.4. The number of fused-ring (bicyclic) bond motifs is 1. The SMILES string of the molecule is NC1=NS(=O)(=O)Cc2cccc(OC[C@H]3CCCN(c4ccc(C(=O)N5CCCCC5)cn4)C3)c21. The van der Waals surface area contributed by atoms with Crippen LogP contribution in [-0.4, -0.2) is 62.8 Å². The molecule has 1 amide bonds. The van der Waals surface area contributed by atoms with Crippen molar-refractivity contribution in [1.29, 1.82) is 0 Å². The molecule has 0 bridgehead atoms. The number of hydrogen-bond donors (Lipinski definition) is 1. The summed E-state index contributed by atoms with van der Waals surface area (Å²) in [6, 6.07) is 9.15. The smallest absolute Gasteiger partial charge is 0.259 e. The van der Waals surface area contributed by atoms with Crippen molar-refractivity contribution in [3.63, 3.8) is 0 Å². The van der Waals surface area contributed by atoms with Crippen LogP contribution in [0.15, 0.2) is 40.9 Å². The Morgan fingerprint density at radius 3 is 2.69 bits per heavy atom. The van der Waals surface area contributed by atoms with Gasteiger partial charge in [0, 0.05) is 38.3 Å². The Hall–Kier alpha value is -3.14. The molecule has 2 fully saturated rings. The Kier molecular flexibility index (Phi) is 6.64. The number of sulfonamides is 1. The van der Waals surface area contributed by atoms with Crippen molar-refractivity contribution >= 4 is 27.6 Å². The van der Waals surface area contributed by atoms with Crippen molar-refractivity contribution in [2.45, 2.75) is 37.9 Å². The number of carbonyl (C=O) groups is 1. The molecule has 2 N–H and O–H groups in total. The number of likely N-dealkylation sites (tertiary alicyclic amines) is 1. The van der Waals surface area contributed by atoms with Crippen molar-refractivity contribution in [1.82, 2.24) is 9.88 Å². The first-order valence-corrected chi connectivity index (χ1v) is 13.8. The van der Waals surface area contributed by atoms with Crippen LogP contribution in [0.2, 0.25) is 0 Å². The van der Waals surface area contributed by atoms with Gasteiger partial charge < -0.3 is 20.3 Å². The number of nitrogens with zero attached hydrogens (tertiary/aromatic N) is 4. The zero-order valence-corrected chi connectivity index (χ0v) is 20.5. The van der Waals surface area contributed by atoms with Gasteiger partial charge in [-0.1, -0.05) is 12.1 Å². The van der Waals surface area contributed by atoms with E-state index >= 15 is 0 Å². The summed E-state index contributed by atoms with van der Waals surface area (Å²) in [6.45, 7) is 3.83. The molecule has 0 saturated carbocycles. The molecule has 0 spiro atoms. The van der Waals surface area contributed by atoms with Crippen molar-refractivity contribution in [3.05, 3.63) is 53.2 Å². The van der Waals surface area contributed by atoms with E-state index < -0.39 is 10.0 Å². The van der Waals surface area contributed by atoms with Crippen LogP contribution < -0.4 is 15.4 Å². The van der Waals surface area contributed by atoms with Gasteiger partial charge in [-0.05, 0) is 55.9 Å². The van der Waals surface area contributed by atoms with Crippen LogP contribution in [0.5, 0.6) is 5.75 Å². The van der Waals surface area contributed by atoms with Gasteiger partial charge in [-0.15, -0.1) is 4.40 Å². The predicted molar refractivity (Wildman–Crippen MR) is 134 cm³/mol. The van der Waals surface area contributed by atoms with E-state index in [9.17, 15) is 13.2 Å². The van der Waals surface area contributed by atoms with Crippen molar-refractivity contribution < 1.29 is 17.9 Å². The molecule has 3 aliphatic rings. The third kappa shape index (κ3) is 5.27. The van der Waals surface area contributed by atoms with Gasteiger partial charge in [0.15, 0.2) is 0 Å². The highest BCUT2D eigenvalue weighted by Gasteiger charge is 2.27. The summed E-state index contributed by atoms with van der Waals surface area (Å²) in [5.74, 6) is 1.59. The molecule has 1 aromatic heterocycles. The molecule has 0 unspecified atom stereocenters. The van der Waals surface area contributed by atoms with Gasteiger partial charge in [-0.2, -0.15) is 0 Å². The minimum atomic E-state index is -3.58. The maximum atomic E-state index is 12.7. The van der Waals surface area contributed by atoms with Crippen molar-refractivity contribution in [2.75, 3.05) is 37.7 Å². The first kappa shape index (κ1) is 23.6. The second kappa shape index (κ2) is 9.85. The van der Waals surface area contributed by atoms with E-state index in [1.807, 2.05) is 17.0 Å². The Balaban J connectivity index is 1.22. The number of benzene rings is 1. The summed E-state index contributed by atoms with van der Waals surface area (Å²) in [5.41, 5.74) is 7.79. The number of ether oxygens (including phenoxy) is 1. The van der Waals surface area contributed by atoms with Crippen LogP contribution in [0.1, 0.15) is 53.6 Å². The van der Waals surface area contributed by atoms with Crippen LogP contribution in [0.25, 0.3) is 0 Å². The fraction of sp³-hybridized carbons (Fsp3) is 0.480. The lowest BCUT2D eigenvalue weighted by molar-refractivity contribution is 0.0724. The minimum Gasteiger partial charge on any atom is -0.492 e. The van der Waals surface area contributed by atoms with E-state index in [2.05, 4.69) is 14.3 Å². The number of amidine groups is 1. The van der Waals surface area contributed by atoms with E-state index in [0.717, 1.165) is 57.7 Å².